The van der Waals surface area contributed by atoms with Crippen LogP contribution in [0.4, 0.5) is 0 Å². The summed E-state index contributed by atoms with van der Waals surface area (Å²) in [6, 6.07) is 5.03. The molecule has 0 spiro atoms. The highest BCUT2D eigenvalue weighted by Gasteiger charge is 2.02. The Bertz CT molecular complexity index is 437. The van der Waals surface area contributed by atoms with Crippen molar-refractivity contribution >= 4 is 41.1 Å². The first-order valence-electron chi connectivity index (χ1n) is 4.28. The Labute approximate surface area is 103 Å². The molecule has 4 nitrogen and oxygen atoms in total. The van der Waals surface area contributed by atoms with Gasteiger partial charge in [0.05, 0.1) is 0 Å². The molecule has 0 radical (unpaired) electrons. The molecule has 0 aliphatic carbocycles. The van der Waals surface area contributed by atoms with Gasteiger partial charge in [0.15, 0.2) is 5.96 Å². The molecule has 1 aromatic carbocycles. The molecule has 0 aliphatic rings. The first-order valence-corrected chi connectivity index (χ1v) is 5.03. The van der Waals surface area contributed by atoms with E-state index in [0.717, 1.165) is 0 Å². The SMILES string of the molecule is N=C(N)NC(=O)C=Cc1c(Cl)cccc1Cl. The highest BCUT2D eigenvalue weighted by atomic mass is 35.5. The second kappa shape index (κ2) is 5.53. The third-order valence-electron chi connectivity index (χ3n) is 1.66. The second-order valence-electron chi connectivity index (χ2n) is 2.87. The summed E-state index contributed by atoms with van der Waals surface area (Å²) in [6.45, 7) is 0. The lowest BCUT2D eigenvalue weighted by Gasteiger charge is -2.01. The molecule has 0 fully saturated rings. The van der Waals surface area contributed by atoms with E-state index in [2.05, 4.69) is 5.32 Å². The normalized spacial score (nSPS) is 10.4. The van der Waals surface area contributed by atoms with Gasteiger partial charge in [-0.3, -0.25) is 15.5 Å². The lowest BCUT2D eigenvalue weighted by molar-refractivity contribution is -0.115. The number of amides is 1. The maximum Gasteiger partial charge on any atom is 0.250 e. The lowest BCUT2D eigenvalue weighted by Crippen LogP contribution is -2.34. The predicted octanol–water partition coefficient (Wildman–Crippen LogP) is 2.02. The summed E-state index contributed by atoms with van der Waals surface area (Å²) in [4.78, 5) is 11.1. The number of hydrogen-bond donors (Lipinski definition) is 3. The van der Waals surface area contributed by atoms with Crippen molar-refractivity contribution in [2.75, 3.05) is 0 Å². The standard InChI is InChI=1S/C10H9Cl2N3O/c11-7-2-1-3-8(12)6(7)4-5-9(16)15-10(13)14/h1-5H,(H4,13,14,15,16). The van der Waals surface area contributed by atoms with Crippen molar-refractivity contribution in [3.8, 4) is 0 Å². The Morgan fingerprint density at radius 1 is 1.38 bits per heavy atom. The van der Waals surface area contributed by atoms with E-state index in [1.807, 2.05) is 0 Å². The quantitative estimate of drug-likeness (QED) is 0.431. The number of rotatable bonds is 2. The van der Waals surface area contributed by atoms with E-state index in [-0.39, 0.29) is 0 Å². The summed E-state index contributed by atoms with van der Waals surface area (Å²) in [6.07, 6.45) is 2.66. The molecule has 0 aromatic heterocycles. The minimum atomic E-state index is -0.511. The molecule has 0 saturated carbocycles. The molecule has 1 amide bonds. The highest BCUT2D eigenvalue weighted by molar-refractivity contribution is 6.37. The third-order valence-corrected chi connectivity index (χ3v) is 2.32. The topological polar surface area (TPSA) is 79.0 Å². The molecule has 0 unspecified atom stereocenters. The Morgan fingerprint density at radius 2 is 1.94 bits per heavy atom. The summed E-state index contributed by atoms with van der Waals surface area (Å²) < 4.78 is 0. The lowest BCUT2D eigenvalue weighted by atomic mass is 10.2. The number of hydrogen-bond acceptors (Lipinski definition) is 2. The van der Waals surface area contributed by atoms with Crippen molar-refractivity contribution in [1.29, 1.82) is 5.41 Å². The van der Waals surface area contributed by atoms with E-state index in [9.17, 15) is 4.79 Å². The van der Waals surface area contributed by atoms with Crippen LogP contribution in [0.2, 0.25) is 10.0 Å². The van der Waals surface area contributed by atoms with Crippen molar-refractivity contribution < 1.29 is 4.79 Å². The van der Waals surface area contributed by atoms with Crippen LogP contribution in [0.5, 0.6) is 0 Å². The minimum Gasteiger partial charge on any atom is -0.370 e. The van der Waals surface area contributed by atoms with Gasteiger partial charge in [-0.2, -0.15) is 0 Å². The average Bonchev–Trinajstić information content (AvgIpc) is 2.15. The summed E-state index contributed by atoms with van der Waals surface area (Å²) in [5, 5.41) is 9.84. The number of nitrogens with one attached hydrogen (secondary N) is 2. The Kier molecular flexibility index (Phi) is 4.34. The summed E-state index contributed by atoms with van der Waals surface area (Å²) >= 11 is 11.8. The van der Waals surface area contributed by atoms with Crippen LogP contribution in [-0.2, 0) is 4.79 Å². The summed E-state index contributed by atoms with van der Waals surface area (Å²) in [5.74, 6) is -0.927. The van der Waals surface area contributed by atoms with Gasteiger partial charge in [0.1, 0.15) is 0 Å². The van der Waals surface area contributed by atoms with Crippen molar-refractivity contribution in [3.05, 3.63) is 39.9 Å². The molecule has 0 bridgehead atoms. The van der Waals surface area contributed by atoms with Gasteiger partial charge in [0.2, 0.25) is 0 Å². The number of nitrogens with two attached hydrogens (primary N) is 1. The van der Waals surface area contributed by atoms with Crippen molar-refractivity contribution in [3.63, 3.8) is 0 Å². The van der Waals surface area contributed by atoms with Crippen LogP contribution in [-0.4, -0.2) is 11.9 Å². The molecule has 0 atom stereocenters. The monoisotopic (exact) mass is 257 g/mol. The molecule has 6 heteroatoms. The largest absolute Gasteiger partial charge is 0.370 e. The molecule has 1 rings (SSSR count). The Hall–Kier alpha value is -1.52. The molecule has 0 aliphatic heterocycles. The Morgan fingerprint density at radius 3 is 2.44 bits per heavy atom. The maximum atomic E-state index is 11.1. The smallest absolute Gasteiger partial charge is 0.250 e. The van der Waals surface area contributed by atoms with E-state index in [1.54, 1.807) is 18.2 Å². The fourth-order valence-corrected chi connectivity index (χ4v) is 1.53. The van der Waals surface area contributed by atoms with Crippen LogP contribution in [0.25, 0.3) is 6.08 Å². The van der Waals surface area contributed by atoms with Crippen LogP contribution in [0.1, 0.15) is 5.56 Å². The van der Waals surface area contributed by atoms with E-state index >= 15 is 0 Å². The predicted molar refractivity (Wildman–Crippen MR) is 65.6 cm³/mol. The van der Waals surface area contributed by atoms with E-state index in [4.69, 9.17) is 34.3 Å². The fourth-order valence-electron chi connectivity index (χ4n) is 1.00. The number of carbonyl (C=O) groups excluding carboxylic acids is 1. The van der Waals surface area contributed by atoms with Gasteiger partial charge < -0.3 is 5.73 Å². The van der Waals surface area contributed by atoms with Gasteiger partial charge >= 0.3 is 0 Å². The first-order chi connectivity index (χ1) is 7.50. The Balaban J connectivity index is 2.84. The molecule has 84 valence electrons. The zero-order valence-corrected chi connectivity index (χ0v) is 9.64. The number of carbonyl (C=O) groups is 1. The second-order valence-corrected chi connectivity index (χ2v) is 3.69. The number of guanidine groups is 1. The van der Waals surface area contributed by atoms with Crippen LogP contribution in [0, 0.1) is 5.41 Å². The highest BCUT2D eigenvalue weighted by Crippen LogP contribution is 2.25. The van der Waals surface area contributed by atoms with Crippen LogP contribution in [0.3, 0.4) is 0 Å². The number of halogens is 2. The molecular formula is C10H9Cl2N3O. The first kappa shape index (κ1) is 12.5. The van der Waals surface area contributed by atoms with E-state index < -0.39 is 11.9 Å². The minimum absolute atomic E-state index is 0.417. The van der Waals surface area contributed by atoms with Gasteiger partial charge in [-0.25, -0.2) is 0 Å². The molecular weight excluding hydrogens is 249 g/mol. The molecule has 0 heterocycles. The zero-order valence-electron chi connectivity index (χ0n) is 8.13. The van der Waals surface area contributed by atoms with Gasteiger partial charge in [0.25, 0.3) is 5.91 Å². The van der Waals surface area contributed by atoms with Gasteiger partial charge in [-0.05, 0) is 18.2 Å². The third kappa shape index (κ3) is 3.56. The van der Waals surface area contributed by atoms with Crippen molar-refractivity contribution in [1.82, 2.24) is 5.32 Å². The molecule has 1 aromatic rings. The van der Waals surface area contributed by atoms with Crippen LogP contribution in [0.15, 0.2) is 24.3 Å². The van der Waals surface area contributed by atoms with Crippen molar-refractivity contribution in [2.24, 2.45) is 5.73 Å². The van der Waals surface area contributed by atoms with Crippen molar-refractivity contribution in [2.45, 2.75) is 0 Å². The van der Waals surface area contributed by atoms with E-state index in [1.165, 1.54) is 12.2 Å². The molecule has 0 saturated heterocycles. The van der Waals surface area contributed by atoms with Gasteiger partial charge in [-0.15, -0.1) is 0 Å². The average molecular weight is 258 g/mol. The van der Waals surface area contributed by atoms with Gasteiger partial charge in [-0.1, -0.05) is 29.3 Å². The summed E-state index contributed by atoms with van der Waals surface area (Å²) in [7, 11) is 0. The summed E-state index contributed by atoms with van der Waals surface area (Å²) in [5.41, 5.74) is 5.53. The maximum absolute atomic E-state index is 11.1. The fraction of sp³-hybridized carbons (Fsp3) is 0. The molecule has 4 N–H and O–H groups in total. The molecule has 16 heavy (non-hydrogen) atoms. The van der Waals surface area contributed by atoms with E-state index in [0.29, 0.717) is 15.6 Å². The van der Waals surface area contributed by atoms with Crippen LogP contribution >= 0.6 is 23.2 Å². The van der Waals surface area contributed by atoms with Gasteiger partial charge in [0, 0.05) is 21.7 Å². The van der Waals surface area contributed by atoms with Crippen LogP contribution < -0.4 is 11.1 Å². The number of benzene rings is 1. The zero-order chi connectivity index (χ0) is 12.1.